The van der Waals surface area contributed by atoms with Gasteiger partial charge in [-0.1, -0.05) is 23.7 Å². The molecule has 2 atom stereocenters. The lowest BCUT2D eigenvalue weighted by molar-refractivity contribution is -0.125. The van der Waals surface area contributed by atoms with Gasteiger partial charge in [-0.3, -0.25) is 4.79 Å². The molecule has 1 saturated heterocycles. The Labute approximate surface area is 122 Å². The van der Waals surface area contributed by atoms with Gasteiger partial charge in [-0.05, 0) is 26.0 Å². The summed E-state index contributed by atoms with van der Waals surface area (Å²) in [5, 5.41) is 5.87. The zero-order valence-electron chi connectivity index (χ0n) is 11.3. The van der Waals surface area contributed by atoms with E-state index in [2.05, 4.69) is 10.6 Å². The standard InChI is InChI=1S/C14H18ClFN2O2/c1-2-20-11-6-7-17-13(11)14(19)18-8-9-4-3-5-10(15)12(9)16/h3-5,11,13,17H,2,6-8H2,1H3,(H,18,19). The minimum atomic E-state index is -0.491. The molecular formula is C14H18ClFN2O2. The topological polar surface area (TPSA) is 50.4 Å². The van der Waals surface area contributed by atoms with Crippen molar-refractivity contribution in [1.29, 1.82) is 0 Å². The highest BCUT2D eigenvalue weighted by Crippen LogP contribution is 2.18. The van der Waals surface area contributed by atoms with E-state index < -0.39 is 5.82 Å². The molecule has 1 amide bonds. The van der Waals surface area contributed by atoms with Gasteiger partial charge in [0.2, 0.25) is 5.91 Å². The monoisotopic (exact) mass is 300 g/mol. The van der Waals surface area contributed by atoms with Crippen molar-refractivity contribution in [3.05, 3.63) is 34.6 Å². The van der Waals surface area contributed by atoms with Crippen LogP contribution in [0.5, 0.6) is 0 Å². The van der Waals surface area contributed by atoms with Crippen LogP contribution in [-0.2, 0) is 16.1 Å². The molecule has 0 aromatic heterocycles. The summed E-state index contributed by atoms with van der Waals surface area (Å²) in [7, 11) is 0. The van der Waals surface area contributed by atoms with Gasteiger partial charge in [-0.15, -0.1) is 0 Å². The molecule has 1 aromatic rings. The number of amides is 1. The Kier molecular flexibility index (Phi) is 5.34. The number of carbonyl (C=O) groups is 1. The minimum Gasteiger partial charge on any atom is -0.376 e. The molecule has 0 aliphatic carbocycles. The molecule has 4 nitrogen and oxygen atoms in total. The first-order chi connectivity index (χ1) is 9.63. The largest absolute Gasteiger partial charge is 0.376 e. The quantitative estimate of drug-likeness (QED) is 0.873. The predicted octanol–water partition coefficient (Wildman–Crippen LogP) is 1.86. The number of rotatable bonds is 5. The number of nitrogens with one attached hydrogen (secondary N) is 2. The molecular weight excluding hydrogens is 283 g/mol. The molecule has 1 aromatic carbocycles. The van der Waals surface area contributed by atoms with Crippen molar-refractivity contribution in [2.75, 3.05) is 13.2 Å². The van der Waals surface area contributed by atoms with Crippen molar-refractivity contribution in [2.24, 2.45) is 0 Å². The Hall–Kier alpha value is -1.17. The van der Waals surface area contributed by atoms with Crippen LogP contribution in [0.1, 0.15) is 18.9 Å². The SMILES string of the molecule is CCOC1CCNC1C(=O)NCc1cccc(Cl)c1F. The number of carbonyl (C=O) groups excluding carboxylic acids is 1. The van der Waals surface area contributed by atoms with Crippen LogP contribution in [0.2, 0.25) is 5.02 Å². The smallest absolute Gasteiger partial charge is 0.240 e. The van der Waals surface area contributed by atoms with Gasteiger partial charge in [-0.2, -0.15) is 0 Å². The highest BCUT2D eigenvalue weighted by molar-refractivity contribution is 6.30. The average molecular weight is 301 g/mol. The van der Waals surface area contributed by atoms with E-state index in [9.17, 15) is 9.18 Å². The summed E-state index contributed by atoms with van der Waals surface area (Å²) < 4.78 is 19.2. The van der Waals surface area contributed by atoms with Gasteiger partial charge < -0.3 is 15.4 Å². The second kappa shape index (κ2) is 7.02. The number of ether oxygens (including phenoxy) is 1. The molecule has 20 heavy (non-hydrogen) atoms. The van der Waals surface area contributed by atoms with E-state index in [1.807, 2.05) is 6.92 Å². The summed E-state index contributed by atoms with van der Waals surface area (Å²) in [6, 6.07) is 4.36. The molecule has 2 unspecified atom stereocenters. The molecule has 0 spiro atoms. The zero-order chi connectivity index (χ0) is 14.5. The zero-order valence-corrected chi connectivity index (χ0v) is 12.0. The van der Waals surface area contributed by atoms with E-state index in [1.54, 1.807) is 12.1 Å². The second-order valence-corrected chi connectivity index (χ2v) is 5.05. The Balaban J connectivity index is 1.93. The summed E-state index contributed by atoms with van der Waals surface area (Å²) in [5.41, 5.74) is 0.372. The summed E-state index contributed by atoms with van der Waals surface area (Å²) in [4.78, 5) is 12.1. The molecule has 1 aliphatic rings. The van der Waals surface area contributed by atoms with E-state index in [0.717, 1.165) is 13.0 Å². The lowest BCUT2D eigenvalue weighted by Crippen LogP contribution is -2.46. The molecule has 1 fully saturated rings. The first kappa shape index (κ1) is 15.2. The Morgan fingerprint density at radius 3 is 3.15 bits per heavy atom. The van der Waals surface area contributed by atoms with E-state index in [4.69, 9.17) is 16.3 Å². The Bertz CT molecular complexity index is 484. The third kappa shape index (κ3) is 3.48. The number of halogens is 2. The van der Waals surface area contributed by atoms with Gasteiger partial charge in [0.25, 0.3) is 0 Å². The van der Waals surface area contributed by atoms with Gasteiger partial charge >= 0.3 is 0 Å². The minimum absolute atomic E-state index is 0.0583. The summed E-state index contributed by atoms with van der Waals surface area (Å²) >= 11 is 5.70. The van der Waals surface area contributed by atoms with Crippen LogP contribution in [-0.4, -0.2) is 31.2 Å². The number of benzene rings is 1. The lowest BCUT2D eigenvalue weighted by Gasteiger charge is -2.19. The Morgan fingerprint density at radius 2 is 2.40 bits per heavy atom. The van der Waals surface area contributed by atoms with Crippen molar-refractivity contribution in [2.45, 2.75) is 32.0 Å². The first-order valence-corrected chi connectivity index (χ1v) is 7.07. The highest BCUT2D eigenvalue weighted by Gasteiger charge is 2.32. The molecule has 1 aliphatic heterocycles. The van der Waals surface area contributed by atoms with Crippen molar-refractivity contribution in [1.82, 2.24) is 10.6 Å². The third-order valence-corrected chi connectivity index (χ3v) is 3.60. The van der Waals surface area contributed by atoms with Crippen molar-refractivity contribution in [3.8, 4) is 0 Å². The van der Waals surface area contributed by atoms with Crippen LogP contribution < -0.4 is 10.6 Å². The van der Waals surface area contributed by atoms with Crippen LogP contribution in [0.3, 0.4) is 0 Å². The molecule has 6 heteroatoms. The summed E-state index contributed by atoms with van der Waals surface area (Å²) in [6.45, 7) is 3.32. The second-order valence-electron chi connectivity index (χ2n) is 4.65. The van der Waals surface area contributed by atoms with Gasteiger partial charge in [0, 0.05) is 18.7 Å². The maximum Gasteiger partial charge on any atom is 0.240 e. The third-order valence-electron chi connectivity index (χ3n) is 3.31. The highest BCUT2D eigenvalue weighted by atomic mass is 35.5. The van der Waals surface area contributed by atoms with E-state index in [-0.39, 0.29) is 29.6 Å². The van der Waals surface area contributed by atoms with Crippen molar-refractivity contribution in [3.63, 3.8) is 0 Å². The lowest BCUT2D eigenvalue weighted by atomic mass is 10.1. The van der Waals surface area contributed by atoms with Gasteiger partial charge in [0.05, 0.1) is 11.1 Å². The fraction of sp³-hybridized carbons (Fsp3) is 0.500. The van der Waals surface area contributed by atoms with Crippen LogP contribution in [0, 0.1) is 5.82 Å². The maximum absolute atomic E-state index is 13.7. The van der Waals surface area contributed by atoms with Crippen LogP contribution in [0.25, 0.3) is 0 Å². The molecule has 2 N–H and O–H groups in total. The Morgan fingerprint density at radius 1 is 1.60 bits per heavy atom. The fourth-order valence-electron chi connectivity index (χ4n) is 2.31. The van der Waals surface area contributed by atoms with E-state index in [0.29, 0.717) is 12.2 Å². The van der Waals surface area contributed by atoms with Gasteiger partial charge in [0.15, 0.2) is 0 Å². The molecule has 110 valence electrons. The molecule has 2 rings (SSSR count). The molecule has 0 saturated carbocycles. The predicted molar refractivity (Wildman–Crippen MR) is 75.1 cm³/mol. The van der Waals surface area contributed by atoms with Crippen LogP contribution >= 0.6 is 11.6 Å². The average Bonchev–Trinajstić information content (AvgIpc) is 2.89. The first-order valence-electron chi connectivity index (χ1n) is 6.69. The fourth-order valence-corrected chi connectivity index (χ4v) is 2.51. The molecule has 0 bridgehead atoms. The molecule has 1 heterocycles. The number of hydrogen-bond donors (Lipinski definition) is 2. The number of hydrogen-bond acceptors (Lipinski definition) is 3. The van der Waals surface area contributed by atoms with E-state index >= 15 is 0 Å². The van der Waals surface area contributed by atoms with Crippen LogP contribution in [0.4, 0.5) is 4.39 Å². The van der Waals surface area contributed by atoms with E-state index in [1.165, 1.54) is 6.07 Å². The van der Waals surface area contributed by atoms with Crippen molar-refractivity contribution >= 4 is 17.5 Å². The summed E-state index contributed by atoms with van der Waals surface area (Å²) in [5.74, 6) is -0.671. The van der Waals surface area contributed by atoms with Crippen LogP contribution in [0.15, 0.2) is 18.2 Å². The molecule has 0 radical (unpaired) electrons. The van der Waals surface area contributed by atoms with Gasteiger partial charge in [-0.25, -0.2) is 4.39 Å². The summed E-state index contributed by atoms with van der Waals surface area (Å²) in [6.07, 6.45) is 0.682. The maximum atomic E-state index is 13.7. The van der Waals surface area contributed by atoms with Crippen molar-refractivity contribution < 1.29 is 13.9 Å². The normalized spacial score (nSPS) is 21.9. The van der Waals surface area contributed by atoms with Gasteiger partial charge in [0.1, 0.15) is 11.9 Å².